The Labute approximate surface area is 219 Å². The largest absolute Gasteiger partial charge is 0.440 e. The molecule has 2 N–H and O–H groups in total. The van der Waals surface area contributed by atoms with Crippen LogP contribution in [0, 0.1) is 11.3 Å². The Bertz CT molecular complexity index is 1560. The van der Waals surface area contributed by atoms with E-state index in [1.54, 1.807) is 48.2 Å². The van der Waals surface area contributed by atoms with Crippen LogP contribution in [-0.4, -0.2) is 12.2 Å². The monoisotopic (exact) mass is 538 g/mol. The summed E-state index contributed by atoms with van der Waals surface area (Å²) in [5.41, 5.74) is 8.09. The number of allylic oxidation sites excluding steroid dienone is 1. The Hall–Kier alpha value is -3.15. The Morgan fingerprint density at radius 2 is 1.91 bits per heavy atom. The van der Waals surface area contributed by atoms with E-state index in [4.69, 9.17) is 38.4 Å². The van der Waals surface area contributed by atoms with Gasteiger partial charge in [-0.1, -0.05) is 47.5 Å². The fourth-order valence-corrected chi connectivity index (χ4v) is 6.03. The molecule has 1 aromatic heterocycles. The zero-order chi connectivity index (χ0) is 24.7. The van der Waals surface area contributed by atoms with Crippen LogP contribution in [-0.2, 0) is 0 Å². The summed E-state index contributed by atoms with van der Waals surface area (Å²) in [6, 6.07) is 20.4. The molecule has 0 bridgehead atoms. The number of esters is 1. The van der Waals surface area contributed by atoms with Gasteiger partial charge in [-0.3, -0.25) is 0 Å². The third-order valence-electron chi connectivity index (χ3n) is 5.63. The number of nitrogens with two attached hydrogens (primary N) is 1. The number of carbonyl (C=O) groups is 1. The molecule has 5 nitrogen and oxygen atoms in total. The molecule has 4 aromatic rings. The number of fused-ring (bicyclic) bond motifs is 2. The van der Waals surface area contributed by atoms with Gasteiger partial charge in [0.2, 0.25) is 5.88 Å². The second kappa shape index (κ2) is 9.48. The molecule has 2 heterocycles. The van der Waals surface area contributed by atoms with E-state index in [0.29, 0.717) is 21.4 Å². The lowest BCUT2D eigenvalue weighted by Gasteiger charge is -2.26. The van der Waals surface area contributed by atoms with Gasteiger partial charge in [0.05, 0.1) is 10.9 Å². The molecule has 5 rings (SSSR count). The van der Waals surface area contributed by atoms with Crippen LogP contribution < -0.4 is 15.2 Å². The van der Waals surface area contributed by atoms with E-state index in [0.717, 1.165) is 26.1 Å². The van der Waals surface area contributed by atoms with Gasteiger partial charge in [0.25, 0.3) is 0 Å². The SMILES string of the molecule is CSc1ccc(C2C(C#N)=C(N)Oc3cc(OC(=O)c4sc5cc(Cl)ccc5c4Cl)ccc32)cc1. The molecule has 9 heteroatoms. The van der Waals surface area contributed by atoms with Crippen LogP contribution in [0.1, 0.15) is 26.7 Å². The first-order chi connectivity index (χ1) is 16.9. The maximum atomic E-state index is 12.9. The smallest absolute Gasteiger partial charge is 0.355 e. The zero-order valence-electron chi connectivity index (χ0n) is 18.2. The number of hydrogen-bond acceptors (Lipinski definition) is 7. The lowest BCUT2D eigenvalue weighted by atomic mass is 9.83. The van der Waals surface area contributed by atoms with Crippen LogP contribution in [0.2, 0.25) is 10.0 Å². The van der Waals surface area contributed by atoms with Crippen molar-refractivity contribution in [2.75, 3.05) is 6.26 Å². The molecular weight excluding hydrogens is 523 g/mol. The topological polar surface area (TPSA) is 85.3 Å². The van der Waals surface area contributed by atoms with Crippen molar-refractivity contribution in [2.45, 2.75) is 10.8 Å². The molecule has 0 aliphatic carbocycles. The summed E-state index contributed by atoms with van der Waals surface area (Å²) in [5, 5.41) is 11.4. The fourth-order valence-electron chi connectivity index (χ4n) is 3.96. The molecule has 1 aliphatic heterocycles. The van der Waals surface area contributed by atoms with Crippen molar-refractivity contribution < 1.29 is 14.3 Å². The van der Waals surface area contributed by atoms with Gasteiger partial charge >= 0.3 is 5.97 Å². The molecule has 0 saturated heterocycles. The molecule has 0 spiro atoms. The number of benzene rings is 3. The van der Waals surface area contributed by atoms with Crippen molar-refractivity contribution in [3.8, 4) is 17.6 Å². The van der Waals surface area contributed by atoms with Crippen LogP contribution in [0.15, 0.2) is 77.0 Å². The van der Waals surface area contributed by atoms with Gasteiger partial charge in [-0.05, 0) is 42.2 Å². The molecule has 1 unspecified atom stereocenters. The Balaban J connectivity index is 1.48. The van der Waals surface area contributed by atoms with Crippen molar-refractivity contribution in [3.05, 3.63) is 98.2 Å². The maximum absolute atomic E-state index is 12.9. The van der Waals surface area contributed by atoms with Crippen LogP contribution in [0.4, 0.5) is 0 Å². The van der Waals surface area contributed by atoms with E-state index in [-0.39, 0.29) is 16.5 Å². The van der Waals surface area contributed by atoms with E-state index in [1.165, 1.54) is 11.3 Å². The van der Waals surface area contributed by atoms with Gasteiger partial charge in [0.1, 0.15) is 28.0 Å². The molecule has 1 aliphatic rings. The van der Waals surface area contributed by atoms with Crippen molar-refractivity contribution in [1.29, 1.82) is 5.26 Å². The maximum Gasteiger partial charge on any atom is 0.355 e. The first kappa shape index (κ1) is 23.6. The predicted octanol–water partition coefficient (Wildman–Crippen LogP) is 7.37. The van der Waals surface area contributed by atoms with Gasteiger partial charge < -0.3 is 15.2 Å². The average Bonchev–Trinajstić information content (AvgIpc) is 3.18. The Morgan fingerprint density at radius 1 is 1.14 bits per heavy atom. The van der Waals surface area contributed by atoms with Crippen LogP contribution in [0.25, 0.3) is 10.1 Å². The van der Waals surface area contributed by atoms with Crippen LogP contribution in [0.5, 0.6) is 11.5 Å². The van der Waals surface area contributed by atoms with Crippen molar-refractivity contribution in [2.24, 2.45) is 5.73 Å². The molecule has 174 valence electrons. The minimum absolute atomic E-state index is 0.0202. The number of hydrogen-bond donors (Lipinski definition) is 1. The molecule has 0 amide bonds. The molecule has 1 atom stereocenters. The van der Waals surface area contributed by atoms with E-state index in [9.17, 15) is 10.1 Å². The highest BCUT2D eigenvalue weighted by atomic mass is 35.5. The summed E-state index contributed by atoms with van der Waals surface area (Å²) in [4.78, 5) is 14.3. The quantitative estimate of drug-likeness (QED) is 0.166. The minimum Gasteiger partial charge on any atom is -0.440 e. The van der Waals surface area contributed by atoms with E-state index in [1.807, 2.05) is 30.5 Å². The average molecular weight is 539 g/mol. The van der Waals surface area contributed by atoms with Crippen LogP contribution in [0.3, 0.4) is 0 Å². The number of ether oxygens (including phenoxy) is 2. The van der Waals surface area contributed by atoms with E-state index >= 15 is 0 Å². The molecule has 0 radical (unpaired) electrons. The Kier molecular flexibility index (Phi) is 6.39. The van der Waals surface area contributed by atoms with E-state index < -0.39 is 11.9 Å². The summed E-state index contributed by atoms with van der Waals surface area (Å²) < 4.78 is 12.2. The highest BCUT2D eigenvalue weighted by Gasteiger charge is 2.31. The summed E-state index contributed by atoms with van der Waals surface area (Å²) in [6.45, 7) is 0. The first-order valence-corrected chi connectivity index (χ1v) is 13.1. The predicted molar refractivity (Wildman–Crippen MR) is 141 cm³/mol. The number of rotatable bonds is 4. The standard InChI is InChI=1S/C26H16Cl2N2O3S2/c1-34-16-6-2-13(3-7-16)22-17-9-5-15(11-20(17)33-25(30)19(22)12-29)32-26(31)24-23(28)18-8-4-14(27)10-21(18)35-24/h2-11,22H,30H2,1H3. The highest BCUT2D eigenvalue weighted by Crippen LogP contribution is 2.44. The highest BCUT2D eigenvalue weighted by molar-refractivity contribution is 7.98. The normalized spacial score (nSPS) is 14.9. The first-order valence-electron chi connectivity index (χ1n) is 10.3. The lowest BCUT2D eigenvalue weighted by molar-refractivity contribution is 0.0740. The van der Waals surface area contributed by atoms with E-state index in [2.05, 4.69) is 6.07 Å². The lowest BCUT2D eigenvalue weighted by Crippen LogP contribution is -2.21. The third kappa shape index (κ3) is 4.35. The zero-order valence-corrected chi connectivity index (χ0v) is 21.3. The van der Waals surface area contributed by atoms with Gasteiger partial charge in [0, 0.05) is 31.6 Å². The van der Waals surface area contributed by atoms with Crippen molar-refractivity contribution in [3.63, 3.8) is 0 Å². The number of thioether (sulfide) groups is 1. The number of carbonyl (C=O) groups excluding carboxylic acids is 1. The fraction of sp³-hybridized carbons (Fsp3) is 0.0769. The second-order valence-electron chi connectivity index (χ2n) is 7.67. The van der Waals surface area contributed by atoms with Gasteiger partial charge in [-0.25, -0.2) is 4.79 Å². The minimum atomic E-state index is -0.589. The van der Waals surface area contributed by atoms with Gasteiger partial charge in [-0.2, -0.15) is 5.26 Å². The van der Waals surface area contributed by atoms with Crippen molar-refractivity contribution in [1.82, 2.24) is 0 Å². The summed E-state index contributed by atoms with van der Waals surface area (Å²) in [6.07, 6.45) is 2.00. The number of halogens is 2. The molecule has 0 fully saturated rings. The summed E-state index contributed by atoms with van der Waals surface area (Å²) in [7, 11) is 0. The Morgan fingerprint density at radius 3 is 2.63 bits per heavy atom. The summed E-state index contributed by atoms with van der Waals surface area (Å²) in [5.74, 6) is -0.281. The third-order valence-corrected chi connectivity index (χ3v) is 8.24. The summed E-state index contributed by atoms with van der Waals surface area (Å²) >= 11 is 15.3. The number of nitriles is 1. The molecular formula is C26H16Cl2N2O3S2. The van der Waals surface area contributed by atoms with Gasteiger partial charge in [0.15, 0.2) is 0 Å². The van der Waals surface area contributed by atoms with Crippen LogP contribution >= 0.6 is 46.3 Å². The molecule has 0 saturated carbocycles. The van der Waals surface area contributed by atoms with Gasteiger partial charge in [-0.15, -0.1) is 23.1 Å². The number of nitrogens with zero attached hydrogens (tertiary/aromatic N) is 1. The second-order valence-corrected chi connectivity index (χ2v) is 10.4. The van der Waals surface area contributed by atoms with Crippen molar-refractivity contribution >= 4 is 62.4 Å². The molecule has 35 heavy (non-hydrogen) atoms. The number of thiophene rings is 1. The molecule has 3 aromatic carbocycles.